The van der Waals surface area contributed by atoms with Crippen molar-refractivity contribution in [3.63, 3.8) is 0 Å². The first-order valence-corrected chi connectivity index (χ1v) is 8.51. The van der Waals surface area contributed by atoms with Crippen molar-refractivity contribution >= 4 is 41.5 Å². The van der Waals surface area contributed by atoms with Crippen molar-refractivity contribution in [1.29, 1.82) is 0 Å². The fourth-order valence-corrected chi connectivity index (χ4v) is 4.60. The van der Waals surface area contributed by atoms with E-state index in [1.807, 2.05) is 18.0 Å². The molecule has 0 aliphatic carbocycles. The molecular weight excluding hydrogens is 333 g/mol. The number of aromatic nitrogens is 2. The Morgan fingerprint density at radius 2 is 2.32 bits per heavy atom. The number of carboxylic acid groups (broad SMARTS) is 1. The summed E-state index contributed by atoms with van der Waals surface area (Å²) in [6.45, 7) is 0.935. The second-order valence-corrected chi connectivity index (χ2v) is 6.94. The van der Waals surface area contributed by atoms with E-state index in [1.54, 1.807) is 6.08 Å². The minimum absolute atomic E-state index is 0. The summed E-state index contributed by atoms with van der Waals surface area (Å²) in [7, 11) is 0. The van der Waals surface area contributed by atoms with Crippen molar-refractivity contribution in [2.45, 2.75) is 17.7 Å². The first kappa shape index (κ1) is 16.2. The second-order valence-electron chi connectivity index (χ2n) is 4.88. The van der Waals surface area contributed by atoms with Gasteiger partial charge in [-0.15, -0.1) is 11.8 Å². The van der Waals surface area contributed by atoms with Crippen LogP contribution in [-0.4, -0.2) is 37.5 Å². The zero-order valence-corrected chi connectivity index (χ0v) is 15.4. The molecule has 1 fully saturated rings. The fraction of sp³-hybridized carbons (Fsp3) is 0.308. The number of thioether (sulfide) groups is 2. The SMILES string of the molecule is O=C([O-])C1=CSC2/C(=C/c3cn4c(n3)CSCC4)C(=O)N12.[Na+]. The molecule has 1 saturated heterocycles. The molecule has 1 atom stereocenters. The van der Waals surface area contributed by atoms with Gasteiger partial charge in [0.1, 0.15) is 11.2 Å². The number of β-lactam (4-membered cyclic amide) rings is 1. The van der Waals surface area contributed by atoms with E-state index in [2.05, 4.69) is 9.55 Å². The van der Waals surface area contributed by atoms with E-state index in [9.17, 15) is 14.7 Å². The van der Waals surface area contributed by atoms with Gasteiger partial charge in [0.2, 0.25) is 0 Å². The molecule has 9 heteroatoms. The van der Waals surface area contributed by atoms with Crippen molar-refractivity contribution in [2.75, 3.05) is 5.75 Å². The molecule has 4 heterocycles. The fourth-order valence-electron chi connectivity index (χ4n) is 2.60. The van der Waals surface area contributed by atoms with E-state index < -0.39 is 5.97 Å². The monoisotopic (exact) mass is 343 g/mol. The standard InChI is InChI=1S/C13H11N3O3S2.Na/c17-11-8(12-16(11)9(5-21-12)13(18)19)3-7-4-15-1-2-20-6-10(15)14-7;/h3-5,12H,1-2,6H2,(H,18,19);/q;+1/p-1/b8-3+;. The summed E-state index contributed by atoms with van der Waals surface area (Å²) in [6.07, 6.45) is 3.71. The zero-order valence-electron chi connectivity index (χ0n) is 11.8. The number of hydrogen-bond donors (Lipinski definition) is 0. The van der Waals surface area contributed by atoms with E-state index in [1.165, 1.54) is 22.1 Å². The van der Waals surface area contributed by atoms with Gasteiger partial charge in [-0.25, -0.2) is 4.98 Å². The summed E-state index contributed by atoms with van der Waals surface area (Å²) in [5, 5.41) is 12.1. The molecule has 108 valence electrons. The number of carbonyl (C=O) groups excluding carboxylic acids is 2. The summed E-state index contributed by atoms with van der Waals surface area (Å²) in [4.78, 5) is 28.8. The molecule has 6 nitrogen and oxygen atoms in total. The van der Waals surface area contributed by atoms with Gasteiger partial charge in [0, 0.05) is 18.5 Å². The zero-order chi connectivity index (χ0) is 14.6. The number of imidazole rings is 1. The molecule has 0 N–H and O–H groups in total. The number of rotatable bonds is 2. The average molecular weight is 343 g/mol. The largest absolute Gasteiger partial charge is 1.00 e. The van der Waals surface area contributed by atoms with E-state index in [0.29, 0.717) is 5.57 Å². The van der Waals surface area contributed by atoms with Crippen LogP contribution in [0.3, 0.4) is 0 Å². The topological polar surface area (TPSA) is 78.3 Å². The first-order chi connectivity index (χ1) is 10.1. The van der Waals surface area contributed by atoms with Crippen LogP contribution < -0.4 is 34.7 Å². The molecule has 0 aromatic carbocycles. The number of carbonyl (C=O) groups is 2. The Hall–Kier alpha value is -0.670. The maximum Gasteiger partial charge on any atom is 1.00 e. The molecule has 0 radical (unpaired) electrons. The second kappa shape index (κ2) is 6.09. The molecule has 1 amide bonds. The third-order valence-corrected chi connectivity index (χ3v) is 5.65. The Morgan fingerprint density at radius 1 is 1.50 bits per heavy atom. The molecule has 1 aromatic rings. The molecule has 4 rings (SSSR count). The predicted octanol–water partition coefficient (Wildman–Crippen LogP) is -2.98. The van der Waals surface area contributed by atoms with Gasteiger partial charge >= 0.3 is 29.6 Å². The van der Waals surface area contributed by atoms with E-state index in [0.717, 1.165) is 29.6 Å². The summed E-state index contributed by atoms with van der Waals surface area (Å²) in [5.74, 6) is 1.39. The number of amides is 1. The molecule has 0 spiro atoms. The molecule has 3 aliphatic rings. The van der Waals surface area contributed by atoms with Crippen LogP contribution in [0.2, 0.25) is 0 Å². The molecule has 1 unspecified atom stereocenters. The van der Waals surface area contributed by atoms with Crippen molar-refractivity contribution in [1.82, 2.24) is 14.5 Å². The van der Waals surface area contributed by atoms with E-state index >= 15 is 0 Å². The third-order valence-electron chi connectivity index (χ3n) is 3.63. The summed E-state index contributed by atoms with van der Waals surface area (Å²) >= 11 is 3.15. The van der Waals surface area contributed by atoms with Crippen LogP contribution >= 0.6 is 23.5 Å². The number of nitrogens with zero attached hydrogens (tertiary/aromatic N) is 3. The number of aryl methyl sites for hydroxylation is 1. The van der Waals surface area contributed by atoms with Crippen LogP contribution in [-0.2, 0) is 21.9 Å². The van der Waals surface area contributed by atoms with Crippen LogP contribution in [0.5, 0.6) is 0 Å². The van der Waals surface area contributed by atoms with Crippen molar-refractivity contribution < 1.29 is 44.3 Å². The van der Waals surface area contributed by atoms with Gasteiger partial charge < -0.3 is 14.5 Å². The molecular formula is C13H10N3NaO3S2. The van der Waals surface area contributed by atoms with Crippen molar-refractivity contribution in [3.05, 3.63) is 34.4 Å². The van der Waals surface area contributed by atoms with E-state index in [-0.39, 0.29) is 46.5 Å². The Bertz CT molecular complexity index is 705. The number of carboxylic acids is 1. The minimum Gasteiger partial charge on any atom is -0.543 e. The quantitative estimate of drug-likeness (QED) is 0.324. The van der Waals surface area contributed by atoms with Gasteiger partial charge in [-0.1, -0.05) is 0 Å². The van der Waals surface area contributed by atoms with Gasteiger partial charge in [0.25, 0.3) is 5.91 Å². The summed E-state index contributed by atoms with van der Waals surface area (Å²) in [6, 6.07) is 0. The maximum absolute atomic E-state index is 12.1. The van der Waals surface area contributed by atoms with Gasteiger partial charge in [-0.2, -0.15) is 11.8 Å². The van der Waals surface area contributed by atoms with Crippen molar-refractivity contribution in [2.24, 2.45) is 0 Å². The Labute approximate surface area is 157 Å². The maximum atomic E-state index is 12.1. The van der Waals surface area contributed by atoms with Crippen LogP contribution in [0.25, 0.3) is 6.08 Å². The van der Waals surface area contributed by atoms with Crippen LogP contribution in [0.15, 0.2) is 22.9 Å². The molecule has 0 saturated carbocycles. The van der Waals surface area contributed by atoms with Crippen LogP contribution in [0, 0.1) is 0 Å². The first-order valence-electron chi connectivity index (χ1n) is 6.41. The van der Waals surface area contributed by atoms with Gasteiger partial charge in [0.05, 0.1) is 28.7 Å². The van der Waals surface area contributed by atoms with Crippen LogP contribution in [0.4, 0.5) is 0 Å². The van der Waals surface area contributed by atoms with Gasteiger partial charge in [-0.05, 0) is 11.5 Å². The van der Waals surface area contributed by atoms with E-state index in [4.69, 9.17) is 0 Å². The average Bonchev–Trinajstić information content (AvgIpc) is 3.05. The Morgan fingerprint density at radius 3 is 3.05 bits per heavy atom. The van der Waals surface area contributed by atoms with Crippen molar-refractivity contribution in [3.8, 4) is 0 Å². The smallest absolute Gasteiger partial charge is 0.543 e. The number of aliphatic carboxylic acids is 1. The minimum atomic E-state index is -1.31. The normalized spacial score (nSPS) is 24.3. The van der Waals surface area contributed by atoms with Crippen LogP contribution in [0.1, 0.15) is 11.5 Å². The molecule has 1 aromatic heterocycles. The number of fused-ring (bicyclic) bond motifs is 2. The van der Waals surface area contributed by atoms with Gasteiger partial charge in [0.15, 0.2) is 0 Å². The molecule has 3 aliphatic heterocycles. The summed E-state index contributed by atoms with van der Waals surface area (Å²) < 4.78 is 2.11. The molecule has 0 bridgehead atoms. The predicted molar refractivity (Wildman–Crippen MR) is 77.7 cm³/mol. The Balaban J connectivity index is 0.00000144. The summed E-state index contributed by atoms with van der Waals surface area (Å²) in [5.41, 5.74) is 1.31. The third kappa shape index (κ3) is 2.46. The van der Waals surface area contributed by atoms with Gasteiger partial charge in [-0.3, -0.25) is 9.69 Å². The molecule has 22 heavy (non-hydrogen) atoms. The number of hydrogen-bond acceptors (Lipinski definition) is 6. The Kier molecular flexibility index (Phi) is 4.48.